The molecule has 1 aliphatic heterocycles. The molecule has 2 heterocycles. The third kappa shape index (κ3) is 9.17. The van der Waals surface area contributed by atoms with Gasteiger partial charge in [-0.15, -0.1) is 0 Å². The predicted molar refractivity (Wildman–Crippen MR) is 166 cm³/mol. The molecule has 43 heavy (non-hydrogen) atoms. The summed E-state index contributed by atoms with van der Waals surface area (Å²) in [6.07, 6.45) is 5.09. The van der Waals surface area contributed by atoms with E-state index < -0.39 is 12.1 Å². The zero-order chi connectivity index (χ0) is 31.1. The third-order valence-electron chi connectivity index (χ3n) is 8.34. The minimum absolute atomic E-state index is 0.0213. The Kier molecular flexibility index (Phi) is 11.5. The molecule has 3 amide bonds. The lowest BCUT2D eigenvalue weighted by molar-refractivity contribution is -0.0172. The number of amides is 3. The van der Waals surface area contributed by atoms with Gasteiger partial charge in [0.15, 0.2) is 5.76 Å². The van der Waals surface area contributed by atoms with Crippen LogP contribution in [0.1, 0.15) is 74.7 Å². The molecule has 0 unspecified atom stereocenters. The van der Waals surface area contributed by atoms with E-state index >= 15 is 0 Å². The molecule has 2 aliphatic rings. The molecule has 1 aliphatic carbocycles. The number of likely N-dealkylation sites (N-methyl/N-ethyl adjacent to an activating group) is 1. The van der Waals surface area contributed by atoms with E-state index in [4.69, 9.17) is 14.0 Å². The first kappa shape index (κ1) is 32.8. The van der Waals surface area contributed by atoms with Gasteiger partial charge in [0.25, 0.3) is 5.91 Å². The van der Waals surface area contributed by atoms with Crippen LogP contribution in [0.5, 0.6) is 5.75 Å². The second-order valence-electron chi connectivity index (χ2n) is 12.5. The van der Waals surface area contributed by atoms with Crippen molar-refractivity contribution in [2.45, 2.75) is 85.0 Å². The van der Waals surface area contributed by atoms with Crippen molar-refractivity contribution >= 4 is 23.3 Å². The second-order valence-corrected chi connectivity index (χ2v) is 12.5. The SMILES string of the molecule is Cc1noc(C)c1NC(=O)Nc1ccc2c(c1)C(=O)N([C@@H](C)CO)C[C@H](C)[C@@H](CN(C)CC1CC1)OCCCC[C@H](C)O2. The second kappa shape index (κ2) is 15.0. The van der Waals surface area contributed by atoms with Gasteiger partial charge in [-0.3, -0.25) is 4.79 Å². The number of urea groups is 1. The van der Waals surface area contributed by atoms with E-state index in [-0.39, 0.29) is 30.6 Å². The molecule has 4 atom stereocenters. The smallest absolute Gasteiger partial charge is 0.323 e. The van der Waals surface area contributed by atoms with E-state index in [0.29, 0.717) is 47.3 Å². The summed E-state index contributed by atoms with van der Waals surface area (Å²) in [5.74, 6) is 1.48. The molecule has 11 nitrogen and oxygen atoms in total. The van der Waals surface area contributed by atoms with Gasteiger partial charge in [-0.2, -0.15) is 0 Å². The fraction of sp³-hybridized carbons (Fsp3) is 0.656. The number of aryl methyl sites for hydroxylation is 2. The van der Waals surface area contributed by atoms with E-state index in [1.807, 2.05) is 13.8 Å². The van der Waals surface area contributed by atoms with Gasteiger partial charge in [0.1, 0.15) is 17.1 Å². The third-order valence-corrected chi connectivity index (χ3v) is 8.34. The zero-order valence-corrected chi connectivity index (χ0v) is 26.5. The van der Waals surface area contributed by atoms with E-state index in [1.165, 1.54) is 12.8 Å². The number of hydrogen-bond donors (Lipinski definition) is 3. The highest BCUT2D eigenvalue weighted by Gasteiger charge is 2.31. The molecule has 238 valence electrons. The summed E-state index contributed by atoms with van der Waals surface area (Å²) in [5, 5.41) is 19.6. The molecule has 0 bridgehead atoms. The first-order chi connectivity index (χ1) is 20.5. The summed E-state index contributed by atoms with van der Waals surface area (Å²) < 4.78 is 17.9. The maximum atomic E-state index is 14.3. The van der Waals surface area contributed by atoms with Gasteiger partial charge in [-0.25, -0.2) is 4.79 Å². The number of fused-ring (bicyclic) bond motifs is 1. The molecule has 0 saturated heterocycles. The summed E-state index contributed by atoms with van der Waals surface area (Å²) in [6.45, 7) is 12.1. The quantitative estimate of drug-likeness (QED) is 0.384. The first-order valence-corrected chi connectivity index (χ1v) is 15.6. The molecule has 1 aromatic carbocycles. The fourth-order valence-corrected chi connectivity index (χ4v) is 5.52. The van der Waals surface area contributed by atoms with Crippen molar-refractivity contribution in [2.75, 3.05) is 50.5 Å². The van der Waals surface area contributed by atoms with E-state index in [9.17, 15) is 14.7 Å². The number of carbonyl (C=O) groups excluding carboxylic acids is 2. The Morgan fingerprint density at radius 1 is 1.16 bits per heavy atom. The predicted octanol–water partition coefficient (Wildman–Crippen LogP) is 5.07. The number of hydrogen-bond acceptors (Lipinski definition) is 8. The lowest BCUT2D eigenvalue weighted by Crippen LogP contribution is -2.47. The van der Waals surface area contributed by atoms with Gasteiger partial charge in [0.2, 0.25) is 0 Å². The molecule has 1 fully saturated rings. The normalized spacial score (nSPS) is 22.8. The average Bonchev–Trinajstić information content (AvgIpc) is 3.73. The summed E-state index contributed by atoms with van der Waals surface area (Å²) >= 11 is 0. The van der Waals surface area contributed by atoms with Crippen molar-refractivity contribution in [3.8, 4) is 5.75 Å². The van der Waals surface area contributed by atoms with Crippen LogP contribution in [0.2, 0.25) is 0 Å². The number of carbonyl (C=O) groups is 2. The summed E-state index contributed by atoms with van der Waals surface area (Å²) in [6, 6.07) is 4.17. The van der Waals surface area contributed by atoms with Crippen LogP contribution in [0, 0.1) is 25.7 Å². The van der Waals surface area contributed by atoms with Crippen LogP contribution in [0.25, 0.3) is 0 Å². The van der Waals surface area contributed by atoms with Crippen molar-refractivity contribution in [1.29, 1.82) is 0 Å². The maximum Gasteiger partial charge on any atom is 0.323 e. The number of rotatable bonds is 8. The maximum absolute atomic E-state index is 14.3. The average molecular weight is 600 g/mol. The number of benzene rings is 1. The molecule has 0 radical (unpaired) electrons. The van der Waals surface area contributed by atoms with Gasteiger partial charge >= 0.3 is 6.03 Å². The zero-order valence-electron chi connectivity index (χ0n) is 26.5. The van der Waals surface area contributed by atoms with Crippen molar-refractivity contribution in [2.24, 2.45) is 11.8 Å². The van der Waals surface area contributed by atoms with Crippen LogP contribution in [-0.4, -0.2) is 90.1 Å². The van der Waals surface area contributed by atoms with Gasteiger partial charge in [-0.05, 0) is 91.0 Å². The van der Waals surface area contributed by atoms with E-state index in [2.05, 4.69) is 34.7 Å². The lowest BCUT2D eigenvalue weighted by atomic mass is 10.0. The molecule has 1 saturated carbocycles. The van der Waals surface area contributed by atoms with E-state index in [0.717, 1.165) is 38.3 Å². The molecule has 0 spiro atoms. The first-order valence-electron chi connectivity index (χ1n) is 15.6. The molecule has 3 N–H and O–H groups in total. The lowest BCUT2D eigenvalue weighted by Gasteiger charge is -2.36. The number of ether oxygens (including phenoxy) is 2. The number of aromatic nitrogens is 1. The highest BCUT2D eigenvalue weighted by atomic mass is 16.5. The molecule has 4 rings (SSSR count). The molecule has 1 aromatic heterocycles. The largest absolute Gasteiger partial charge is 0.490 e. The molecular weight excluding hydrogens is 550 g/mol. The van der Waals surface area contributed by atoms with Crippen molar-refractivity contribution in [3.63, 3.8) is 0 Å². The molecule has 11 heteroatoms. The minimum Gasteiger partial charge on any atom is -0.490 e. The van der Waals surface area contributed by atoms with Crippen molar-refractivity contribution in [3.05, 3.63) is 35.2 Å². The van der Waals surface area contributed by atoms with Gasteiger partial charge < -0.3 is 39.5 Å². The Bertz CT molecular complexity index is 1210. The van der Waals surface area contributed by atoms with E-state index in [1.54, 1.807) is 36.9 Å². The number of aliphatic hydroxyl groups is 1. The summed E-state index contributed by atoms with van der Waals surface area (Å²) in [7, 11) is 2.14. The molecule has 2 aromatic rings. The van der Waals surface area contributed by atoms with Crippen LogP contribution in [0.3, 0.4) is 0 Å². The number of nitrogens with one attached hydrogen (secondary N) is 2. The summed E-state index contributed by atoms with van der Waals surface area (Å²) in [4.78, 5) is 31.2. The molecular formula is C32H49N5O6. The Morgan fingerprint density at radius 3 is 2.60 bits per heavy atom. The van der Waals surface area contributed by atoms with Crippen LogP contribution in [-0.2, 0) is 4.74 Å². The topological polar surface area (TPSA) is 129 Å². The number of nitrogens with zero attached hydrogens (tertiary/aromatic N) is 3. The Labute approximate surface area is 255 Å². The summed E-state index contributed by atoms with van der Waals surface area (Å²) in [5.41, 5.74) is 1.83. The van der Waals surface area contributed by atoms with Crippen LogP contribution >= 0.6 is 0 Å². The standard InChI is InChI=1S/C32H49N5O6/c1-20-16-37(21(2)19-38)31(39)27-15-26(33-32(40)34-30-23(4)35-43-24(30)5)12-13-28(27)42-22(3)9-7-8-14-41-29(20)18-36(6)17-25-10-11-25/h12-13,15,20-22,25,29,38H,7-11,14,16-19H2,1-6H3,(H2,33,34,40)/t20-,21-,22-,29+/m0/s1. The highest BCUT2D eigenvalue weighted by molar-refractivity contribution is 6.03. The minimum atomic E-state index is -0.485. The van der Waals surface area contributed by atoms with Gasteiger partial charge in [0, 0.05) is 37.8 Å². The van der Waals surface area contributed by atoms with Crippen LogP contribution in [0.15, 0.2) is 22.7 Å². The fourth-order valence-electron chi connectivity index (χ4n) is 5.52. The Balaban J connectivity index is 1.60. The van der Waals surface area contributed by atoms with Crippen LogP contribution < -0.4 is 15.4 Å². The monoisotopic (exact) mass is 599 g/mol. The van der Waals surface area contributed by atoms with Crippen LogP contribution in [0.4, 0.5) is 16.2 Å². The Hall–Kier alpha value is -3.15. The van der Waals surface area contributed by atoms with Crippen molar-refractivity contribution in [1.82, 2.24) is 15.0 Å². The van der Waals surface area contributed by atoms with Gasteiger partial charge in [-0.1, -0.05) is 12.1 Å². The highest BCUT2D eigenvalue weighted by Crippen LogP contribution is 2.31. The number of aliphatic hydroxyl groups excluding tert-OH is 1. The Morgan fingerprint density at radius 2 is 1.93 bits per heavy atom. The van der Waals surface area contributed by atoms with Gasteiger partial charge in [0.05, 0.1) is 30.4 Å². The van der Waals surface area contributed by atoms with Crippen molar-refractivity contribution < 1.29 is 28.7 Å². The number of anilines is 2.